The van der Waals surface area contributed by atoms with Crippen LogP contribution in [-0.2, 0) is 0 Å². The van der Waals surface area contributed by atoms with Gasteiger partial charge in [-0.15, -0.1) is 0 Å². The van der Waals surface area contributed by atoms with Crippen molar-refractivity contribution in [1.82, 2.24) is 0 Å². The summed E-state index contributed by atoms with van der Waals surface area (Å²) in [6.45, 7) is 4.19. The minimum atomic E-state index is -0.238. The number of aliphatic hydroxyl groups excluding tert-OH is 1. The van der Waals surface area contributed by atoms with Gasteiger partial charge in [-0.3, -0.25) is 0 Å². The third kappa shape index (κ3) is 4.91. The monoisotopic (exact) mass is 305 g/mol. The van der Waals surface area contributed by atoms with Gasteiger partial charge in [-0.1, -0.05) is 33.1 Å². The van der Waals surface area contributed by atoms with Crippen LogP contribution in [0.1, 0.15) is 52.4 Å². The van der Waals surface area contributed by atoms with E-state index in [-0.39, 0.29) is 6.10 Å². The number of methoxy groups -OCH3 is 1. The first-order valence-electron chi connectivity index (χ1n) is 8.68. The number of anilines is 1. The first kappa shape index (κ1) is 17.1. The van der Waals surface area contributed by atoms with Gasteiger partial charge in [-0.2, -0.15) is 0 Å². The molecule has 2 rings (SSSR count). The molecule has 1 aliphatic rings. The largest absolute Gasteiger partial charge is 0.497 e. The zero-order valence-corrected chi connectivity index (χ0v) is 14.2. The Balaban J connectivity index is 2.04. The van der Waals surface area contributed by atoms with Crippen molar-refractivity contribution >= 4 is 5.69 Å². The van der Waals surface area contributed by atoms with Crippen LogP contribution >= 0.6 is 0 Å². The van der Waals surface area contributed by atoms with E-state index >= 15 is 0 Å². The number of rotatable bonds is 7. The molecular weight excluding hydrogens is 274 g/mol. The third-order valence-corrected chi connectivity index (χ3v) is 4.93. The summed E-state index contributed by atoms with van der Waals surface area (Å²) in [6, 6.07) is 8.46. The molecule has 0 aliphatic heterocycles. The van der Waals surface area contributed by atoms with E-state index in [0.29, 0.717) is 17.9 Å². The summed E-state index contributed by atoms with van der Waals surface area (Å²) >= 11 is 0. The van der Waals surface area contributed by atoms with Gasteiger partial charge in [0.1, 0.15) is 5.75 Å². The van der Waals surface area contributed by atoms with E-state index in [1.165, 1.54) is 32.1 Å². The Bertz CT molecular complexity index is 424. The molecule has 0 radical (unpaired) electrons. The van der Waals surface area contributed by atoms with Gasteiger partial charge in [0.15, 0.2) is 0 Å². The normalized spacial score (nSPS) is 19.0. The molecule has 0 saturated heterocycles. The number of hydrogen-bond donors (Lipinski definition) is 2. The third-order valence-electron chi connectivity index (χ3n) is 4.93. The van der Waals surface area contributed by atoms with Gasteiger partial charge in [0.2, 0.25) is 0 Å². The van der Waals surface area contributed by atoms with E-state index in [4.69, 9.17) is 4.74 Å². The molecule has 2 atom stereocenters. The molecule has 22 heavy (non-hydrogen) atoms. The lowest BCUT2D eigenvalue weighted by molar-refractivity contribution is 0.0994. The summed E-state index contributed by atoms with van der Waals surface area (Å²) in [7, 11) is 1.69. The van der Waals surface area contributed by atoms with Crippen molar-refractivity contribution in [3.63, 3.8) is 0 Å². The van der Waals surface area contributed by atoms with E-state index in [1.807, 2.05) is 12.1 Å². The molecule has 1 saturated carbocycles. The minimum Gasteiger partial charge on any atom is -0.497 e. The van der Waals surface area contributed by atoms with Crippen molar-refractivity contribution in [2.24, 2.45) is 11.8 Å². The molecule has 0 aromatic heterocycles. The molecule has 0 heterocycles. The molecule has 124 valence electrons. The highest BCUT2D eigenvalue weighted by atomic mass is 16.5. The number of hydrogen-bond acceptors (Lipinski definition) is 3. The minimum absolute atomic E-state index is 0.238. The standard InChI is InChI=1S/C19H31NO2/c1-14(2)19(21)13-18(15-7-5-4-6-8-15)20-16-9-11-17(22-3)12-10-16/h9-12,14-15,18-21H,4-8,13H2,1-3H3/t18-,19+/m0/s1. The Kier molecular flexibility index (Phi) is 6.56. The average molecular weight is 305 g/mol. The van der Waals surface area contributed by atoms with Crippen molar-refractivity contribution in [2.45, 2.75) is 64.5 Å². The molecular formula is C19H31NO2. The molecule has 3 nitrogen and oxygen atoms in total. The Morgan fingerprint density at radius 1 is 1.14 bits per heavy atom. The van der Waals surface area contributed by atoms with Gasteiger partial charge in [0.25, 0.3) is 0 Å². The lowest BCUT2D eigenvalue weighted by Gasteiger charge is -2.34. The predicted molar refractivity (Wildman–Crippen MR) is 92.4 cm³/mol. The summed E-state index contributed by atoms with van der Waals surface area (Å²) in [5, 5.41) is 14.0. The fourth-order valence-electron chi connectivity index (χ4n) is 3.34. The van der Waals surface area contributed by atoms with Gasteiger partial charge in [0, 0.05) is 11.7 Å². The zero-order chi connectivity index (χ0) is 15.9. The van der Waals surface area contributed by atoms with Crippen LogP contribution in [0.4, 0.5) is 5.69 Å². The van der Waals surface area contributed by atoms with E-state index < -0.39 is 0 Å². The van der Waals surface area contributed by atoms with Crippen LogP contribution in [0.25, 0.3) is 0 Å². The van der Waals surface area contributed by atoms with Crippen molar-refractivity contribution in [2.75, 3.05) is 12.4 Å². The zero-order valence-electron chi connectivity index (χ0n) is 14.2. The first-order chi connectivity index (χ1) is 10.6. The van der Waals surface area contributed by atoms with Gasteiger partial charge >= 0.3 is 0 Å². The van der Waals surface area contributed by atoms with Crippen LogP contribution in [0.2, 0.25) is 0 Å². The Morgan fingerprint density at radius 2 is 1.77 bits per heavy atom. The summed E-state index contributed by atoms with van der Waals surface area (Å²) in [5.74, 6) is 1.86. The van der Waals surface area contributed by atoms with Crippen molar-refractivity contribution in [3.8, 4) is 5.75 Å². The Hall–Kier alpha value is -1.22. The maximum Gasteiger partial charge on any atom is 0.119 e. The maximum atomic E-state index is 10.3. The molecule has 0 amide bonds. The smallest absolute Gasteiger partial charge is 0.119 e. The second-order valence-electron chi connectivity index (χ2n) is 6.92. The van der Waals surface area contributed by atoms with E-state index in [2.05, 4.69) is 31.3 Å². The molecule has 1 aromatic carbocycles. The summed E-state index contributed by atoms with van der Waals surface area (Å²) in [4.78, 5) is 0. The van der Waals surface area contributed by atoms with Gasteiger partial charge < -0.3 is 15.2 Å². The molecule has 2 N–H and O–H groups in total. The van der Waals surface area contributed by atoms with E-state index in [0.717, 1.165) is 17.9 Å². The van der Waals surface area contributed by atoms with E-state index in [9.17, 15) is 5.11 Å². The second-order valence-corrected chi connectivity index (χ2v) is 6.92. The molecule has 0 unspecified atom stereocenters. The highest BCUT2D eigenvalue weighted by molar-refractivity contribution is 5.47. The maximum absolute atomic E-state index is 10.3. The lowest BCUT2D eigenvalue weighted by atomic mass is 9.80. The SMILES string of the molecule is COc1ccc(N[C@@H](C[C@@H](O)C(C)C)C2CCCCC2)cc1. The van der Waals surface area contributed by atoms with Gasteiger partial charge in [0.05, 0.1) is 13.2 Å². The quantitative estimate of drug-likeness (QED) is 0.781. The molecule has 0 bridgehead atoms. The molecule has 1 aliphatic carbocycles. The van der Waals surface area contributed by atoms with E-state index in [1.54, 1.807) is 7.11 Å². The van der Waals surface area contributed by atoms with Crippen LogP contribution in [0.15, 0.2) is 24.3 Å². The van der Waals surface area contributed by atoms with Crippen LogP contribution in [-0.4, -0.2) is 24.4 Å². The highest BCUT2D eigenvalue weighted by Crippen LogP contribution is 2.31. The number of aliphatic hydroxyl groups is 1. The van der Waals surface area contributed by atoms with Crippen LogP contribution in [0.3, 0.4) is 0 Å². The van der Waals surface area contributed by atoms with Crippen LogP contribution < -0.4 is 10.1 Å². The second kappa shape index (κ2) is 8.42. The van der Waals surface area contributed by atoms with Crippen molar-refractivity contribution in [3.05, 3.63) is 24.3 Å². The first-order valence-corrected chi connectivity index (χ1v) is 8.68. The summed E-state index contributed by atoms with van der Waals surface area (Å²) in [6.07, 6.45) is 7.15. The average Bonchev–Trinajstić information content (AvgIpc) is 2.55. The Morgan fingerprint density at radius 3 is 2.32 bits per heavy atom. The Labute approximate surface area is 135 Å². The summed E-state index contributed by atoms with van der Waals surface area (Å²) in [5.41, 5.74) is 1.12. The fraction of sp³-hybridized carbons (Fsp3) is 0.684. The molecule has 1 fully saturated rings. The van der Waals surface area contributed by atoms with Gasteiger partial charge in [-0.05, 0) is 55.4 Å². The lowest BCUT2D eigenvalue weighted by Crippen LogP contribution is -2.35. The van der Waals surface area contributed by atoms with Crippen LogP contribution in [0.5, 0.6) is 5.75 Å². The molecule has 1 aromatic rings. The number of nitrogens with one attached hydrogen (secondary N) is 1. The summed E-state index contributed by atoms with van der Waals surface area (Å²) < 4.78 is 5.22. The number of ether oxygens (including phenoxy) is 1. The predicted octanol–water partition coefficient (Wildman–Crippen LogP) is 4.46. The van der Waals surface area contributed by atoms with Gasteiger partial charge in [-0.25, -0.2) is 0 Å². The topological polar surface area (TPSA) is 41.5 Å². The fourth-order valence-corrected chi connectivity index (χ4v) is 3.34. The van der Waals surface area contributed by atoms with Crippen LogP contribution in [0, 0.1) is 11.8 Å². The van der Waals surface area contributed by atoms with Crippen molar-refractivity contribution < 1.29 is 9.84 Å². The molecule has 0 spiro atoms. The highest BCUT2D eigenvalue weighted by Gasteiger charge is 2.26. The molecule has 3 heteroatoms. The number of benzene rings is 1. The van der Waals surface area contributed by atoms with Crippen molar-refractivity contribution in [1.29, 1.82) is 0 Å².